The van der Waals surface area contributed by atoms with E-state index >= 15 is 0 Å². The molecule has 21 heavy (non-hydrogen) atoms. The quantitative estimate of drug-likeness (QED) is 0.808. The molecule has 1 heterocycles. The molecular weight excluding hydrogens is 280 g/mol. The zero-order chi connectivity index (χ0) is 15.6. The lowest BCUT2D eigenvalue weighted by atomic mass is 9.99. The summed E-state index contributed by atoms with van der Waals surface area (Å²) in [5, 5.41) is 2.51. The lowest BCUT2D eigenvalue weighted by molar-refractivity contribution is -0.126. The largest absolute Gasteiger partial charge is 0.398 e. The van der Waals surface area contributed by atoms with Gasteiger partial charge < -0.3 is 16.0 Å². The molecular formula is C14H17F2N3O2. The average molecular weight is 297 g/mol. The molecule has 0 aliphatic carbocycles. The van der Waals surface area contributed by atoms with Crippen molar-refractivity contribution in [1.82, 2.24) is 10.2 Å². The van der Waals surface area contributed by atoms with Crippen molar-refractivity contribution in [3.63, 3.8) is 0 Å². The molecule has 0 radical (unpaired) electrons. The standard InChI is InChI=1S/C14H17F2N3O2/c1-18-13(20)12-4-2-3-5-19(12)14(21)8-6-9(15)10(16)7-11(8)17/h6-7,12H,2-5,17H2,1H3,(H,18,20). The highest BCUT2D eigenvalue weighted by Crippen LogP contribution is 2.24. The Morgan fingerprint density at radius 2 is 1.95 bits per heavy atom. The highest BCUT2D eigenvalue weighted by Gasteiger charge is 2.33. The molecule has 0 saturated carbocycles. The van der Waals surface area contributed by atoms with Crippen molar-refractivity contribution in [2.75, 3.05) is 19.3 Å². The number of piperidine rings is 1. The maximum atomic E-state index is 13.3. The van der Waals surface area contributed by atoms with Crippen LogP contribution >= 0.6 is 0 Å². The highest BCUT2D eigenvalue weighted by atomic mass is 19.2. The van der Waals surface area contributed by atoms with E-state index in [1.54, 1.807) is 0 Å². The van der Waals surface area contributed by atoms with Gasteiger partial charge in [0, 0.05) is 25.3 Å². The van der Waals surface area contributed by atoms with Crippen LogP contribution in [0, 0.1) is 11.6 Å². The van der Waals surface area contributed by atoms with Gasteiger partial charge in [-0.15, -0.1) is 0 Å². The molecule has 1 aromatic carbocycles. The predicted molar refractivity (Wildman–Crippen MR) is 73.5 cm³/mol. The Morgan fingerprint density at radius 3 is 2.62 bits per heavy atom. The third kappa shape index (κ3) is 2.96. The molecule has 0 bridgehead atoms. The van der Waals surface area contributed by atoms with Gasteiger partial charge in [-0.3, -0.25) is 9.59 Å². The van der Waals surface area contributed by atoms with Gasteiger partial charge in [0.15, 0.2) is 11.6 Å². The van der Waals surface area contributed by atoms with Crippen molar-refractivity contribution < 1.29 is 18.4 Å². The van der Waals surface area contributed by atoms with Gasteiger partial charge in [0.05, 0.1) is 5.56 Å². The second kappa shape index (κ2) is 6.07. The van der Waals surface area contributed by atoms with E-state index in [2.05, 4.69) is 5.32 Å². The summed E-state index contributed by atoms with van der Waals surface area (Å²) >= 11 is 0. The summed E-state index contributed by atoms with van der Waals surface area (Å²) in [5.74, 6) is -3.07. The summed E-state index contributed by atoms with van der Waals surface area (Å²) in [6.45, 7) is 0.384. The molecule has 1 fully saturated rings. The molecule has 0 aromatic heterocycles. The van der Waals surface area contributed by atoms with E-state index in [1.165, 1.54) is 11.9 Å². The van der Waals surface area contributed by atoms with Gasteiger partial charge in [0.2, 0.25) is 5.91 Å². The van der Waals surface area contributed by atoms with Gasteiger partial charge in [-0.2, -0.15) is 0 Å². The van der Waals surface area contributed by atoms with Crippen LogP contribution in [0.2, 0.25) is 0 Å². The summed E-state index contributed by atoms with van der Waals surface area (Å²) in [6.07, 6.45) is 2.12. The fraction of sp³-hybridized carbons (Fsp3) is 0.429. The number of nitrogens with one attached hydrogen (secondary N) is 1. The highest BCUT2D eigenvalue weighted by molar-refractivity contribution is 6.01. The second-order valence-electron chi connectivity index (χ2n) is 4.98. The third-order valence-electron chi connectivity index (χ3n) is 3.64. The normalized spacial score (nSPS) is 18.4. The van der Waals surface area contributed by atoms with Crippen LogP contribution in [0.5, 0.6) is 0 Å². The smallest absolute Gasteiger partial charge is 0.256 e. The van der Waals surface area contributed by atoms with Crippen LogP contribution in [0.15, 0.2) is 12.1 Å². The maximum Gasteiger partial charge on any atom is 0.256 e. The SMILES string of the molecule is CNC(=O)C1CCCCN1C(=O)c1cc(F)c(F)cc1N. The zero-order valence-corrected chi connectivity index (χ0v) is 11.7. The number of carbonyl (C=O) groups excluding carboxylic acids is 2. The molecule has 114 valence electrons. The average Bonchev–Trinajstić information content (AvgIpc) is 2.49. The van der Waals surface area contributed by atoms with Gasteiger partial charge in [-0.1, -0.05) is 0 Å². The number of halogens is 2. The minimum Gasteiger partial charge on any atom is -0.398 e. The summed E-state index contributed by atoms with van der Waals surface area (Å²) < 4.78 is 26.4. The van der Waals surface area contributed by atoms with Gasteiger partial charge in [0.1, 0.15) is 6.04 Å². The Kier molecular flexibility index (Phi) is 4.40. The number of nitrogen functional groups attached to an aromatic ring is 1. The van der Waals surface area contributed by atoms with E-state index in [-0.39, 0.29) is 17.2 Å². The number of nitrogens with two attached hydrogens (primary N) is 1. The van der Waals surface area contributed by atoms with Crippen molar-refractivity contribution in [2.24, 2.45) is 0 Å². The monoisotopic (exact) mass is 297 g/mol. The van der Waals surface area contributed by atoms with Crippen molar-refractivity contribution in [3.05, 3.63) is 29.3 Å². The number of hydrogen-bond acceptors (Lipinski definition) is 3. The zero-order valence-electron chi connectivity index (χ0n) is 11.7. The van der Waals surface area contributed by atoms with E-state index < -0.39 is 23.6 Å². The number of carbonyl (C=O) groups is 2. The molecule has 0 spiro atoms. The van der Waals surface area contributed by atoms with E-state index in [4.69, 9.17) is 5.73 Å². The summed E-state index contributed by atoms with van der Waals surface area (Å²) in [7, 11) is 1.49. The van der Waals surface area contributed by atoms with E-state index in [1.807, 2.05) is 0 Å². The Hall–Kier alpha value is -2.18. The number of rotatable bonds is 2. The number of nitrogens with zero attached hydrogens (tertiary/aromatic N) is 1. The number of likely N-dealkylation sites (tertiary alicyclic amines) is 1. The number of likely N-dealkylation sites (N-methyl/N-ethyl adjacent to an activating group) is 1. The van der Waals surface area contributed by atoms with Crippen LogP contribution in [-0.2, 0) is 4.79 Å². The fourth-order valence-corrected chi connectivity index (χ4v) is 2.52. The molecule has 2 amide bonds. The number of amides is 2. The number of benzene rings is 1. The summed E-state index contributed by atoms with van der Waals surface area (Å²) in [4.78, 5) is 25.7. The lowest BCUT2D eigenvalue weighted by Crippen LogP contribution is -2.51. The topological polar surface area (TPSA) is 75.4 Å². The first-order valence-corrected chi connectivity index (χ1v) is 6.72. The van der Waals surface area contributed by atoms with E-state index in [0.29, 0.717) is 13.0 Å². The molecule has 1 aliphatic heterocycles. The van der Waals surface area contributed by atoms with Crippen molar-refractivity contribution in [3.8, 4) is 0 Å². The first-order valence-electron chi connectivity index (χ1n) is 6.72. The van der Waals surface area contributed by atoms with Crippen molar-refractivity contribution in [1.29, 1.82) is 0 Å². The molecule has 7 heteroatoms. The Morgan fingerprint density at radius 1 is 1.29 bits per heavy atom. The Bertz CT molecular complexity index is 578. The van der Waals surface area contributed by atoms with Gasteiger partial charge >= 0.3 is 0 Å². The minimum atomic E-state index is -1.14. The first kappa shape index (κ1) is 15.2. The van der Waals surface area contributed by atoms with Gasteiger partial charge in [-0.25, -0.2) is 8.78 Å². The first-order chi connectivity index (χ1) is 9.95. The predicted octanol–water partition coefficient (Wildman–Crippen LogP) is 1.29. The molecule has 3 N–H and O–H groups in total. The van der Waals surface area contributed by atoms with Crippen molar-refractivity contribution in [2.45, 2.75) is 25.3 Å². The van der Waals surface area contributed by atoms with Crippen LogP contribution < -0.4 is 11.1 Å². The maximum absolute atomic E-state index is 13.3. The Labute approximate surface area is 121 Å². The molecule has 1 saturated heterocycles. The van der Waals surface area contributed by atoms with Crippen LogP contribution in [0.4, 0.5) is 14.5 Å². The molecule has 1 aromatic rings. The fourth-order valence-electron chi connectivity index (χ4n) is 2.52. The molecule has 2 rings (SSSR count). The van der Waals surface area contributed by atoms with Crippen LogP contribution in [-0.4, -0.2) is 36.3 Å². The van der Waals surface area contributed by atoms with Gasteiger partial charge in [0.25, 0.3) is 5.91 Å². The molecule has 5 nitrogen and oxygen atoms in total. The number of hydrogen-bond donors (Lipinski definition) is 2. The van der Waals surface area contributed by atoms with Gasteiger partial charge in [-0.05, 0) is 25.3 Å². The summed E-state index contributed by atoms with van der Waals surface area (Å²) in [6, 6.07) is 0.952. The minimum absolute atomic E-state index is 0.121. The molecule has 1 aliphatic rings. The van der Waals surface area contributed by atoms with Crippen LogP contribution in [0.1, 0.15) is 29.6 Å². The lowest BCUT2D eigenvalue weighted by Gasteiger charge is -2.34. The molecule has 1 unspecified atom stereocenters. The Balaban J connectivity index is 2.33. The van der Waals surface area contributed by atoms with Crippen LogP contribution in [0.3, 0.4) is 0 Å². The van der Waals surface area contributed by atoms with E-state index in [0.717, 1.165) is 25.0 Å². The second-order valence-corrected chi connectivity index (χ2v) is 4.98. The molecule has 1 atom stereocenters. The number of anilines is 1. The van der Waals surface area contributed by atoms with Crippen LogP contribution in [0.25, 0.3) is 0 Å². The van der Waals surface area contributed by atoms with E-state index in [9.17, 15) is 18.4 Å². The summed E-state index contributed by atoms with van der Waals surface area (Å²) in [5.41, 5.74) is 5.34. The third-order valence-corrected chi connectivity index (χ3v) is 3.64. The van der Waals surface area contributed by atoms with Crippen molar-refractivity contribution >= 4 is 17.5 Å².